The lowest BCUT2D eigenvalue weighted by Crippen LogP contribution is -2.16. The van der Waals surface area contributed by atoms with Gasteiger partial charge >= 0.3 is 0 Å². The Morgan fingerprint density at radius 3 is 1.27 bits per heavy atom. The van der Waals surface area contributed by atoms with E-state index < -0.39 is 0 Å². The van der Waals surface area contributed by atoms with Gasteiger partial charge in [0.2, 0.25) is 0 Å². The molecule has 0 radical (unpaired) electrons. The Hall–Kier alpha value is -6.45. The van der Waals surface area contributed by atoms with Gasteiger partial charge in [0.05, 0.1) is 0 Å². The van der Waals surface area contributed by atoms with Crippen molar-refractivity contribution >= 4 is 32.3 Å². The number of aromatic nitrogens is 3. The fourth-order valence-electron chi connectivity index (χ4n) is 8.42. The first kappa shape index (κ1) is 29.5. The summed E-state index contributed by atoms with van der Waals surface area (Å²) in [5, 5.41) is 7.84. The standard InChI is InChI=1S/C48H33N3/c1-48(2)43-38-23-13-11-21-36(38)40(29-41(43)42-37-22-12-9-19-34(37)35-20-10-14-24-39(35)44(42)48)30-25-27-33(28-26-30)47-50-45(31-15-5-3-6-16-31)49-46(51-47)32-17-7-4-8-18-32/h3-29H,1-2H3. The highest BCUT2D eigenvalue weighted by Gasteiger charge is 2.40. The Morgan fingerprint density at radius 1 is 0.333 bits per heavy atom. The molecule has 0 aliphatic heterocycles. The molecule has 51 heavy (non-hydrogen) atoms. The zero-order valence-electron chi connectivity index (χ0n) is 28.4. The predicted molar refractivity (Wildman–Crippen MR) is 212 cm³/mol. The van der Waals surface area contributed by atoms with Crippen molar-refractivity contribution in [3.05, 3.63) is 175 Å². The number of hydrogen-bond donors (Lipinski definition) is 0. The van der Waals surface area contributed by atoms with Gasteiger partial charge in [-0.2, -0.15) is 0 Å². The van der Waals surface area contributed by atoms with Gasteiger partial charge in [-0.05, 0) is 71.8 Å². The van der Waals surface area contributed by atoms with Crippen LogP contribution in [-0.4, -0.2) is 15.0 Å². The van der Waals surface area contributed by atoms with Crippen LogP contribution in [0.1, 0.15) is 25.0 Å². The maximum atomic E-state index is 4.97. The van der Waals surface area contributed by atoms with Crippen LogP contribution in [0.15, 0.2) is 164 Å². The monoisotopic (exact) mass is 651 g/mol. The van der Waals surface area contributed by atoms with Gasteiger partial charge in [0.15, 0.2) is 17.5 Å². The zero-order chi connectivity index (χ0) is 34.1. The van der Waals surface area contributed by atoms with Crippen molar-refractivity contribution in [1.82, 2.24) is 15.0 Å². The summed E-state index contributed by atoms with van der Waals surface area (Å²) in [4.78, 5) is 14.8. The fourth-order valence-corrected chi connectivity index (χ4v) is 8.42. The molecule has 0 fully saturated rings. The van der Waals surface area contributed by atoms with E-state index >= 15 is 0 Å². The van der Waals surface area contributed by atoms with Crippen LogP contribution in [0.2, 0.25) is 0 Å². The van der Waals surface area contributed by atoms with Crippen LogP contribution < -0.4 is 0 Å². The molecule has 0 bridgehead atoms. The van der Waals surface area contributed by atoms with E-state index in [-0.39, 0.29) is 5.41 Å². The molecule has 1 aliphatic rings. The molecule has 240 valence electrons. The summed E-state index contributed by atoms with van der Waals surface area (Å²) in [5.74, 6) is 1.98. The first-order chi connectivity index (χ1) is 25.1. The number of benzene rings is 8. The summed E-state index contributed by atoms with van der Waals surface area (Å²) in [6, 6.07) is 58.2. The molecule has 10 rings (SSSR count). The van der Waals surface area contributed by atoms with Gasteiger partial charge < -0.3 is 0 Å². The van der Waals surface area contributed by atoms with Crippen LogP contribution >= 0.6 is 0 Å². The minimum Gasteiger partial charge on any atom is -0.208 e. The van der Waals surface area contributed by atoms with Gasteiger partial charge in [0.25, 0.3) is 0 Å². The maximum Gasteiger partial charge on any atom is 0.164 e. The Morgan fingerprint density at radius 2 is 0.725 bits per heavy atom. The molecule has 3 heteroatoms. The molecule has 3 nitrogen and oxygen atoms in total. The van der Waals surface area contributed by atoms with E-state index in [9.17, 15) is 0 Å². The molecule has 0 saturated heterocycles. The van der Waals surface area contributed by atoms with Crippen LogP contribution in [0.25, 0.3) is 88.7 Å². The van der Waals surface area contributed by atoms with Crippen molar-refractivity contribution in [2.75, 3.05) is 0 Å². The number of nitrogens with zero attached hydrogens (tertiary/aromatic N) is 3. The Labute approximate surface area is 297 Å². The van der Waals surface area contributed by atoms with Gasteiger partial charge in [0, 0.05) is 22.1 Å². The molecular formula is C48H33N3. The van der Waals surface area contributed by atoms with Crippen molar-refractivity contribution < 1.29 is 0 Å². The number of hydrogen-bond acceptors (Lipinski definition) is 3. The summed E-state index contributed by atoms with van der Waals surface area (Å²) in [5.41, 5.74) is 10.6. The first-order valence-electron chi connectivity index (χ1n) is 17.5. The molecule has 0 saturated carbocycles. The lowest BCUT2D eigenvalue weighted by Gasteiger charge is -2.25. The lowest BCUT2D eigenvalue weighted by molar-refractivity contribution is 0.672. The fraction of sp³-hybridized carbons (Fsp3) is 0.0625. The third-order valence-corrected chi connectivity index (χ3v) is 10.7. The van der Waals surface area contributed by atoms with E-state index in [0.29, 0.717) is 17.5 Å². The van der Waals surface area contributed by atoms with Crippen molar-refractivity contribution in [3.63, 3.8) is 0 Å². The topological polar surface area (TPSA) is 38.7 Å². The molecule has 8 aromatic carbocycles. The van der Waals surface area contributed by atoms with Gasteiger partial charge in [0.1, 0.15) is 0 Å². The quantitative estimate of drug-likeness (QED) is 0.178. The summed E-state index contributed by atoms with van der Waals surface area (Å²) in [6.07, 6.45) is 0. The summed E-state index contributed by atoms with van der Waals surface area (Å²) >= 11 is 0. The molecule has 1 heterocycles. The third kappa shape index (κ3) is 4.55. The second-order valence-corrected chi connectivity index (χ2v) is 14.0. The Kier molecular flexibility index (Phi) is 6.53. The first-order valence-corrected chi connectivity index (χ1v) is 17.5. The second kappa shape index (κ2) is 11.3. The Balaban J connectivity index is 1.17. The van der Waals surface area contributed by atoms with Gasteiger partial charge in [-0.15, -0.1) is 0 Å². The minimum atomic E-state index is -0.179. The highest BCUT2D eigenvalue weighted by Crippen LogP contribution is 2.57. The predicted octanol–water partition coefficient (Wildman–Crippen LogP) is 12.3. The smallest absolute Gasteiger partial charge is 0.164 e. The molecule has 0 N–H and O–H groups in total. The molecule has 1 aliphatic carbocycles. The molecule has 0 unspecified atom stereocenters. The van der Waals surface area contributed by atoms with Crippen LogP contribution in [-0.2, 0) is 5.41 Å². The second-order valence-electron chi connectivity index (χ2n) is 14.0. The minimum absolute atomic E-state index is 0.179. The summed E-state index contributed by atoms with van der Waals surface area (Å²) < 4.78 is 0. The largest absolute Gasteiger partial charge is 0.208 e. The van der Waals surface area contributed by atoms with Gasteiger partial charge in [-0.1, -0.05) is 172 Å². The van der Waals surface area contributed by atoms with Crippen LogP contribution in [0.4, 0.5) is 0 Å². The third-order valence-electron chi connectivity index (χ3n) is 10.7. The highest BCUT2D eigenvalue weighted by atomic mass is 15.0. The van der Waals surface area contributed by atoms with Crippen LogP contribution in [0.3, 0.4) is 0 Å². The summed E-state index contributed by atoms with van der Waals surface area (Å²) in [6.45, 7) is 4.81. The average Bonchev–Trinajstić information content (AvgIpc) is 3.45. The molecule has 0 spiro atoms. The average molecular weight is 652 g/mol. The van der Waals surface area contributed by atoms with Crippen LogP contribution in [0.5, 0.6) is 0 Å². The van der Waals surface area contributed by atoms with E-state index in [1.807, 2.05) is 60.7 Å². The molecular weight excluding hydrogens is 619 g/mol. The van der Waals surface area contributed by atoms with Crippen molar-refractivity contribution in [2.24, 2.45) is 0 Å². The van der Waals surface area contributed by atoms with Crippen molar-refractivity contribution in [1.29, 1.82) is 0 Å². The molecule has 9 aromatic rings. The van der Waals surface area contributed by atoms with E-state index in [0.717, 1.165) is 22.3 Å². The van der Waals surface area contributed by atoms with Crippen molar-refractivity contribution in [2.45, 2.75) is 19.3 Å². The van der Waals surface area contributed by atoms with Crippen molar-refractivity contribution in [3.8, 4) is 56.4 Å². The lowest BCUT2D eigenvalue weighted by atomic mass is 9.77. The van der Waals surface area contributed by atoms with Crippen LogP contribution in [0, 0.1) is 0 Å². The van der Waals surface area contributed by atoms with E-state index in [1.165, 1.54) is 60.1 Å². The molecule has 1 aromatic heterocycles. The van der Waals surface area contributed by atoms with E-state index in [4.69, 9.17) is 15.0 Å². The zero-order valence-corrected chi connectivity index (χ0v) is 28.4. The molecule has 0 atom stereocenters. The number of fused-ring (bicyclic) bond motifs is 10. The highest BCUT2D eigenvalue weighted by molar-refractivity contribution is 6.20. The van der Waals surface area contributed by atoms with Gasteiger partial charge in [-0.25, -0.2) is 15.0 Å². The molecule has 0 amide bonds. The summed E-state index contributed by atoms with van der Waals surface area (Å²) in [7, 11) is 0. The van der Waals surface area contributed by atoms with E-state index in [2.05, 4.69) is 117 Å². The Bertz CT molecular complexity index is 2740. The maximum absolute atomic E-state index is 4.97. The normalized spacial score (nSPS) is 13.1. The number of rotatable bonds is 4. The van der Waals surface area contributed by atoms with E-state index in [1.54, 1.807) is 0 Å². The SMILES string of the molecule is CC1(C)c2c(cc(-c3ccc(-c4nc(-c5ccccc5)nc(-c5ccccc5)n4)cc3)c3ccccc23)-c2c1c1ccccc1c1ccccc21. The van der Waals surface area contributed by atoms with Gasteiger partial charge in [-0.3, -0.25) is 0 Å².